The molecule has 0 saturated carbocycles. The molecule has 2 aliphatic rings. The van der Waals surface area contributed by atoms with E-state index in [1.165, 1.54) is 12.1 Å². The zero-order valence-electron chi connectivity index (χ0n) is 29.5. The molecular formula is C40H45FN6O4. The van der Waals surface area contributed by atoms with Gasteiger partial charge in [-0.25, -0.2) is 9.37 Å². The van der Waals surface area contributed by atoms with E-state index in [1.807, 2.05) is 53.6 Å². The largest absolute Gasteiger partial charge is 0.493 e. The van der Waals surface area contributed by atoms with Gasteiger partial charge in [-0.15, -0.1) is 0 Å². The van der Waals surface area contributed by atoms with Crippen LogP contribution in [0.2, 0.25) is 0 Å². The minimum atomic E-state index is -0.305. The second-order valence-electron chi connectivity index (χ2n) is 13.5. The first-order chi connectivity index (χ1) is 24.9. The molecule has 0 bridgehead atoms. The number of aromatic nitrogens is 3. The van der Waals surface area contributed by atoms with Crippen LogP contribution in [0.3, 0.4) is 0 Å². The number of pyridine rings is 1. The predicted octanol–water partition coefficient (Wildman–Crippen LogP) is 6.47. The van der Waals surface area contributed by atoms with Crippen molar-refractivity contribution in [2.24, 2.45) is 0 Å². The normalized spacial score (nSPS) is 18.2. The van der Waals surface area contributed by atoms with Gasteiger partial charge in [0, 0.05) is 49.4 Å². The van der Waals surface area contributed by atoms with Crippen LogP contribution in [0.25, 0.3) is 11.0 Å². The Morgan fingerprint density at radius 3 is 2.33 bits per heavy atom. The van der Waals surface area contributed by atoms with Gasteiger partial charge in [0.2, 0.25) is 11.7 Å². The lowest BCUT2D eigenvalue weighted by molar-refractivity contribution is 0.0779. The van der Waals surface area contributed by atoms with Crippen LogP contribution in [0.15, 0.2) is 85.1 Å². The molecule has 0 spiro atoms. The first-order valence-corrected chi connectivity index (χ1v) is 17.6. The number of H-pyrrole nitrogens is 1. The molecule has 7 rings (SSSR count). The molecule has 2 saturated heterocycles. The van der Waals surface area contributed by atoms with Crippen molar-refractivity contribution in [3.05, 3.63) is 108 Å². The van der Waals surface area contributed by atoms with E-state index in [9.17, 15) is 9.18 Å². The average molecular weight is 693 g/mol. The van der Waals surface area contributed by atoms with E-state index < -0.39 is 0 Å². The van der Waals surface area contributed by atoms with E-state index in [-0.39, 0.29) is 17.1 Å². The Kier molecular flexibility index (Phi) is 10.1. The monoisotopic (exact) mass is 692 g/mol. The Hall–Kier alpha value is -5.16. The summed E-state index contributed by atoms with van der Waals surface area (Å²) in [5, 5.41) is 0. The topological polar surface area (TPSA) is 96.1 Å². The number of fused-ring (bicyclic) bond motifs is 1. The minimum absolute atomic E-state index is 0.0994. The van der Waals surface area contributed by atoms with Gasteiger partial charge in [0.05, 0.1) is 44.6 Å². The number of hydrogen-bond donors (Lipinski definition) is 1. The Labute approximate surface area is 298 Å². The SMILES string of the molecule is COc1cc(C(=O)N2CCC(CCN3CCC(N(Cc4ccccn4)c4nc5ccccc5[nH]4)CC3)(c3ccc(F)cc3)C2)cc(OC)c1OC. The zero-order valence-corrected chi connectivity index (χ0v) is 29.5. The molecule has 10 nitrogen and oxygen atoms in total. The fourth-order valence-electron chi connectivity index (χ4n) is 7.77. The van der Waals surface area contributed by atoms with Crippen molar-refractivity contribution >= 4 is 22.9 Å². The number of nitrogens with one attached hydrogen (secondary N) is 1. The second-order valence-corrected chi connectivity index (χ2v) is 13.5. The quantitative estimate of drug-likeness (QED) is 0.159. The lowest BCUT2D eigenvalue weighted by Crippen LogP contribution is -2.46. The number of nitrogens with zero attached hydrogens (tertiary/aromatic N) is 5. The molecule has 11 heteroatoms. The third-order valence-electron chi connectivity index (χ3n) is 10.6. The van der Waals surface area contributed by atoms with Gasteiger partial charge in [-0.2, -0.15) is 0 Å². The van der Waals surface area contributed by atoms with Gasteiger partial charge in [-0.3, -0.25) is 9.78 Å². The van der Waals surface area contributed by atoms with E-state index in [4.69, 9.17) is 19.2 Å². The standard InChI is InChI=1S/C40H45FN6O4/c1-49-35-24-28(25-36(50-2)37(35)51-3)38(48)46-23-18-40(27-46,29-11-13-30(41)14-12-29)17-22-45-20-15-32(16-21-45)47(26-31-8-6-7-19-42-31)39-43-33-9-4-5-10-34(33)44-39/h4-14,19,24-25,32H,15-18,20-23,26-27H2,1-3H3,(H,43,44). The summed E-state index contributed by atoms with van der Waals surface area (Å²) in [6, 6.07) is 24.7. The second kappa shape index (κ2) is 15.0. The van der Waals surface area contributed by atoms with Crippen molar-refractivity contribution in [2.45, 2.75) is 43.7 Å². The van der Waals surface area contributed by atoms with E-state index in [0.29, 0.717) is 48.5 Å². The van der Waals surface area contributed by atoms with Gasteiger partial charge in [-0.05, 0) is 86.3 Å². The minimum Gasteiger partial charge on any atom is -0.493 e. The summed E-state index contributed by atoms with van der Waals surface area (Å²) < 4.78 is 30.6. The highest BCUT2D eigenvalue weighted by Gasteiger charge is 2.42. The number of para-hydroxylation sites is 2. The lowest BCUT2D eigenvalue weighted by atomic mass is 9.76. The molecular weight excluding hydrogens is 647 g/mol. The number of carbonyl (C=O) groups is 1. The van der Waals surface area contributed by atoms with Gasteiger partial charge in [0.25, 0.3) is 5.91 Å². The number of likely N-dealkylation sites (tertiary alicyclic amines) is 2. The van der Waals surface area contributed by atoms with Crippen molar-refractivity contribution in [3.63, 3.8) is 0 Å². The smallest absolute Gasteiger partial charge is 0.254 e. The average Bonchev–Trinajstić information content (AvgIpc) is 3.82. The Morgan fingerprint density at radius 1 is 0.941 bits per heavy atom. The van der Waals surface area contributed by atoms with Gasteiger partial charge in [0.1, 0.15) is 5.82 Å². The number of benzene rings is 3. The van der Waals surface area contributed by atoms with Crippen LogP contribution in [-0.4, -0.2) is 90.8 Å². The molecule has 0 aliphatic carbocycles. The number of rotatable bonds is 12. The van der Waals surface area contributed by atoms with Crippen molar-refractivity contribution in [3.8, 4) is 17.2 Å². The third kappa shape index (κ3) is 7.21. The summed E-state index contributed by atoms with van der Waals surface area (Å²) in [7, 11) is 4.63. The maximum atomic E-state index is 14.1. The summed E-state index contributed by atoms with van der Waals surface area (Å²) in [5.74, 6) is 1.83. The molecule has 1 atom stereocenters. The molecule has 3 aromatic carbocycles. The highest BCUT2D eigenvalue weighted by Crippen LogP contribution is 2.42. The summed E-state index contributed by atoms with van der Waals surface area (Å²) in [6.07, 6.45) is 5.45. The number of hydrogen-bond acceptors (Lipinski definition) is 8. The number of imidazole rings is 1. The number of anilines is 1. The number of halogens is 1. The number of aromatic amines is 1. The van der Waals surface area contributed by atoms with Crippen LogP contribution in [0.4, 0.5) is 10.3 Å². The molecule has 1 amide bonds. The van der Waals surface area contributed by atoms with Crippen LogP contribution in [0, 0.1) is 5.82 Å². The summed E-state index contributed by atoms with van der Waals surface area (Å²) >= 11 is 0. The third-order valence-corrected chi connectivity index (χ3v) is 10.6. The fraction of sp³-hybridized carbons (Fsp3) is 0.375. The highest BCUT2D eigenvalue weighted by molar-refractivity contribution is 5.96. The van der Waals surface area contributed by atoms with Gasteiger partial charge < -0.3 is 33.9 Å². The summed E-state index contributed by atoms with van der Waals surface area (Å²) in [4.78, 5) is 33.9. The molecule has 5 aromatic rings. The van der Waals surface area contributed by atoms with E-state index in [2.05, 4.69) is 31.9 Å². The van der Waals surface area contributed by atoms with Crippen LogP contribution in [0.1, 0.15) is 47.3 Å². The predicted molar refractivity (Wildman–Crippen MR) is 195 cm³/mol. The molecule has 2 fully saturated rings. The maximum absolute atomic E-state index is 14.1. The van der Waals surface area contributed by atoms with Crippen molar-refractivity contribution in [1.29, 1.82) is 0 Å². The fourth-order valence-corrected chi connectivity index (χ4v) is 7.77. The van der Waals surface area contributed by atoms with Crippen LogP contribution < -0.4 is 19.1 Å². The first kappa shape index (κ1) is 34.3. The Balaban J connectivity index is 1.06. The van der Waals surface area contributed by atoms with Crippen molar-refractivity contribution < 1.29 is 23.4 Å². The maximum Gasteiger partial charge on any atom is 0.254 e. The molecule has 51 heavy (non-hydrogen) atoms. The number of ether oxygens (including phenoxy) is 3. The molecule has 2 aliphatic heterocycles. The first-order valence-electron chi connectivity index (χ1n) is 17.6. The zero-order chi connectivity index (χ0) is 35.4. The van der Waals surface area contributed by atoms with Crippen molar-refractivity contribution in [1.82, 2.24) is 24.8 Å². The van der Waals surface area contributed by atoms with E-state index in [0.717, 1.165) is 73.6 Å². The van der Waals surface area contributed by atoms with E-state index >= 15 is 0 Å². The van der Waals surface area contributed by atoms with Crippen molar-refractivity contribution in [2.75, 3.05) is 59.0 Å². The lowest BCUT2D eigenvalue weighted by Gasteiger charge is -2.40. The Bertz CT molecular complexity index is 1890. The molecule has 1 unspecified atom stereocenters. The van der Waals surface area contributed by atoms with Gasteiger partial charge in [-0.1, -0.05) is 30.3 Å². The van der Waals surface area contributed by atoms with Gasteiger partial charge in [0.15, 0.2) is 11.5 Å². The molecule has 266 valence electrons. The number of methoxy groups -OCH3 is 3. The number of amides is 1. The molecule has 2 aromatic heterocycles. The Morgan fingerprint density at radius 2 is 1.67 bits per heavy atom. The van der Waals surface area contributed by atoms with Crippen LogP contribution in [-0.2, 0) is 12.0 Å². The highest BCUT2D eigenvalue weighted by atomic mass is 19.1. The molecule has 1 N–H and O–H groups in total. The van der Waals surface area contributed by atoms with Crippen LogP contribution >= 0.6 is 0 Å². The van der Waals surface area contributed by atoms with Crippen LogP contribution in [0.5, 0.6) is 17.2 Å². The molecule has 4 heterocycles. The number of carbonyl (C=O) groups excluding carboxylic acids is 1. The summed E-state index contributed by atoms with van der Waals surface area (Å²) in [5.41, 5.74) is 4.22. The molecule has 0 radical (unpaired) electrons. The van der Waals surface area contributed by atoms with Gasteiger partial charge >= 0.3 is 0 Å². The summed E-state index contributed by atoms with van der Waals surface area (Å²) in [6.45, 7) is 4.56. The van der Waals surface area contributed by atoms with E-state index in [1.54, 1.807) is 33.5 Å². The number of piperidine rings is 1.